The predicted molar refractivity (Wildman–Crippen MR) is 518 cm³/mol. The van der Waals surface area contributed by atoms with Gasteiger partial charge in [-0.15, -0.1) is 0 Å². The third-order valence-electron chi connectivity index (χ3n) is 22.7. The summed E-state index contributed by atoms with van der Waals surface area (Å²) < 4.78 is 180. The van der Waals surface area contributed by atoms with Gasteiger partial charge < -0.3 is 52.1 Å². The van der Waals surface area contributed by atoms with Gasteiger partial charge in [0, 0.05) is 131 Å². The van der Waals surface area contributed by atoms with Gasteiger partial charge in [0.2, 0.25) is 89.7 Å². The van der Waals surface area contributed by atoms with Crippen LogP contribution in [-0.4, -0.2) is 209 Å². The van der Waals surface area contributed by atoms with Crippen molar-refractivity contribution in [1.82, 2.24) is 54.9 Å². The second-order valence-electron chi connectivity index (χ2n) is 33.6. The highest BCUT2D eigenvalue weighted by Crippen LogP contribution is 2.35. The van der Waals surface area contributed by atoms with Crippen molar-refractivity contribution < 1.29 is 84.4 Å². The molecule has 34 nitrogen and oxygen atoms in total. The molecule has 722 valence electrons. The van der Waals surface area contributed by atoms with Crippen LogP contribution in [0.1, 0.15) is 132 Å². The molecule has 0 spiro atoms. The minimum absolute atomic E-state index is 0.000353. The van der Waals surface area contributed by atoms with E-state index in [9.17, 15) is 70.0 Å². The smallest absolute Gasteiger partial charge is 0.326 e. The number of nitrogens with two attached hydrogens (primary N) is 1. The summed E-state index contributed by atoms with van der Waals surface area (Å²) in [5.41, 5.74) is 11.3. The van der Waals surface area contributed by atoms with Gasteiger partial charge >= 0.3 is 5.97 Å². The fourth-order valence-electron chi connectivity index (χ4n) is 15.2. The number of fused-ring (bicyclic) bond motifs is 3. The monoisotopic (exact) mass is 1950 g/mol. The first kappa shape index (κ1) is 106. The molecule has 0 aliphatic rings. The number of aliphatic carboxylic acids is 1. The Morgan fingerprint density at radius 3 is 0.722 bits per heavy atom. The van der Waals surface area contributed by atoms with E-state index >= 15 is 14.4 Å². The molecule has 6 unspecified atom stereocenters. The third kappa shape index (κ3) is 30.7. The number of sulfonamides is 6. The Bertz CT molecular complexity index is 6260. The molecule has 0 heterocycles. The lowest BCUT2D eigenvalue weighted by Crippen LogP contribution is -2.59. The number of unbranched alkanes of at least 4 members (excludes halogenated alkanes) is 6. The molecule has 0 bridgehead atoms. The first-order valence-electron chi connectivity index (χ1n) is 44.3. The zero-order valence-electron chi connectivity index (χ0n) is 76.4. The summed E-state index contributed by atoms with van der Waals surface area (Å²) in [6.07, 6.45) is -0.549. The molecule has 0 fully saturated rings. The topological polar surface area (TPSA) is 496 Å². The second kappa shape index (κ2) is 49.1. The van der Waals surface area contributed by atoms with E-state index in [4.69, 9.17) is 5.73 Å². The Hall–Kier alpha value is -10.6. The van der Waals surface area contributed by atoms with Gasteiger partial charge in [0.15, 0.2) is 0 Å². The Morgan fingerprint density at radius 2 is 0.481 bits per heavy atom. The van der Waals surface area contributed by atoms with Crippen molar-refractivity contribution in [3.63, 3.8) is 0 Å². The van der Waals surface area contributed by atoms with Crippen LogP contribution in [0.2, 0.25) is 0 Å². The quantitative estimate of drug-likeness (QED) is 0.0159. The van der Waals surface area contributed by atoms with Crippen LogP contribution in [0.4, 0.5) is 17.1 Å². The Kier molecular flexibility index (Phi) is 39.1. The minimum atomic E-state index is -4.25. The average molecular weight is 1950 g/mol. The maximum absolute atomic E-state index is 15.6. The van der Waals surface area contributed by atoms with Gasteiger partial charge in [0.25, 0.3) is 0 Å². The first-order chi connectivity index (χ1) is 63.0. The van der Waals surface area contributed by atoms with Crippen molar-refractivity contribution in [3.05, 3.63) is 199 Å². The lowest BCUT2D eigenvalue weighted by Gasteiger charge is -2.27. The molecule has 133 heavy (non-hydrogen) atoms. The van der Waals surface area contributed by atoms with Crippen molar-refractivity contribution in [2.45, 2.75) is 202 Å². The maximum atomic E-state index is 15.6. The number of amides is 5. The molecule has 0 aromatic heterocycles. The van der Waals surface area contributed by atoms with E-state index in [0.29, 0.717) is 32.3 Å². The van der Waals surface area contributed by atoms with E-state index < -0.39 is 132 Å². The van der Waals surface area contributed by atoms with Crippen molar-refractivity contribution in [2.24, 2.45) is 5.73 Å². The Morgan fingerprint density at radius 1 is 0.271 bits per heavy atom. The standard InChI is InChI=1S/C93H125N15O19S6/c1-64-40-46-67(47-41-64)128(116,117)95-58-22-16-34-76(94)88(109)101-77(35-19-25-61-98-131(122,123)85-55-52-82(106(4)5)70-28-10-13-31-73(70)85)89(110)102-78(36-17-23-59-96-129(118,119)68-48-42-65(2)43-49-68)90(111)103-79(37-20-26-62-99-132(124,125)86-56-53-83(107(6)7)71-29-11-14-32-74(71)86)91(112)104-80(38-18-24-60-97-130(120,121)69-50-44-66(3)45-51-69)92(113)105-81(93(114)115)39-21-27-63-100-133(126,127)87-57-54-84(108(8)9)72-30-12-15-33-75(72)87/h10-15,28-33,40-57,76-81,95-100H,16-27,34-39,58-63,94H2,1-9H3,(H,101,109)(H,102,110)(H,103,111)(H,104,112)(H,105,113)(H,114,115). The number of carbonyl (C=O) groups is 6. The number of carbonyl (C=O) groups excluding carboxylic acids is 5. The van der Waals surface area contributed by atoms with Crippen LogP contribution >= 0.6 is 0 Å². The minimum Gasteiger partial charge on any atom is -0.480 e. The SMILES string of the molecule is Cc1ccc(S(=O)(=O)NCCCCC(N)C(=O)NC(CCCCNS(=O)(=O)c2ccc(N(C)C)c3ccccc23)C(=O)NC(CCCCNS(=O)(=O)c2ccc(C)cc2)C(=O)NC(CCCCNS(=O)(=O)c2ccc(N(C)C)c3ccccc23)C(=O)NC(CCCCNS(=O)(=O)c2ccc(C)cc2)C(=O)NC(CCCCNS(=O)(=O)c2ccc(N(C)C)c3ccccc23)C(=O)O)cc1. The molecule has 14 N–H and O–H groups in total. The van der Waals surface area contributed by atoms with Gasteiger partial charge in [-0.05, 0) is 203 Å². The number of hydrogen-bond donors (Lipinski definition) is 13. The highest BCUT2D eigenvalue weighted by molar-refractivity contribution is 7.91. The molecular weight excluding hydrogens is 1820 g/mol. The van der Waals surface area contributed by atoms with Crippen molar-refractivity contribution in [2.75, 3.05) is 96.3 Å². The molecule has 0 saturated heterocycles. The molecule has 0 aliphatic carbocycles. The molecule has 0 saturated carbocycles. The number of nitrogens with one attached hydrogen (secondary N) is 11. The fourth-order valence-corrected chi connectivity index (χ4v) is 22.3. The summed E-state index contributed by atoms with van der Waals surface area (Å²) in [7, 11) is -13.6. The van der Waals surface area contributed by atoms with Crippen LogP contribution < -0.4 is 75.3 Å². The van der Waals surface area contributed by atoms with Crippen molar-refractivity contribution in [3.8, 4) is 0 Å². The van der Waals surface area contributed by atoms with Gasteiger partial charge in [-0.25, -0.2) is 83.6 Å². The number of aryl methyl sites for hydroxylation is 3. The summed E-state index contributed by atoms with van der Waals surface area (Å²) in [6, 6.07) is 39.5. The van der Waals surface area contributed by atoms with Gasteiger partial charge in [-0.1, -0.05) is 132 Å². The van der Waals surface area contributed by atoms with Crippen molar-refractivity contribution >= 4 is 145 Å². The number of anilines is 3. The van der Waals surface area contributed by atoms with Gasteiger partial charge in [-0.2, -0.15) is 0 Å². The summed E-state index contributed by atoms with van der Waals surface area (Å²) >= 11 is 0. The third-order valence-corrected chi connectivity index (χ3v) is 31.7. The molecular formula is C93H125N15O19S6. The molecule has 5 amide bonds. The number of carboxylic acid groups (broad SMARTS) is 1. The lowest BCUT2D eigenvalue weighted by molar-refractivity contribution is -0.142. The van der Waals surface area contributed by atoms with Gasteiger partial charge in [0.05, 0.1) is 35.4 Å². The van der Waals surface area contributed by atoms with Crippen LogP contribution in [0.25, 0.3) is 32.3 Å². The summed E-state index contributed by atoms with van der Waals surface area (Å²) in [5.74, 6) is -6.40. The molecule has 0 radical (unpaired) electrons. The Balaban J connectivity index is 0.998. The van der Waals surface area contributed by atoms with Crippen LogP contribution in [0.3, 0.4) is 0 Å². The predicted octanol–water partition coefficient (Wildman–Crippen LogP) is 8.30. The van der Waals surface area contributed by atoms with E-state index in [1.54, 1.807) is 141 Å². The normalized spacial score (nSPS) is 13.6. The zero-order chi connectivity index (χ0) is 97.0. The molecule has 9 rings (SSSR count). The lowest BCUT2D eigenvalue weighted by atomic mass is 10.0. The van der Waals surface area contributed by atoms with Gasteiger partial charge in [-0.3, -0.25) is 24.0 Å². The number of nitrogens with zero attached hydrogens (tertiary/aromatic N) is 3. The summed E-state index contributed by atoms with van der Waals surface area (Å²) in [6.45, 7) is 4.51. The molecule has 6 atom stereocenters. The van der Waals surface area contributed by atoms with Crippen LogP contribution in [0.15, 0.2) is 211 Å². The number of benzene rings is 9. The fraction of sp³-hybridized carbons (Fsp3) is 0.419. The van der Waals surface area contributed by atoms with E-state index in [2.05, 4.69) is 54.9 Å². The average Bonchev–Trinajstić information content (AvgIpc) is 0.776. The maximum Gasteiger partial charge on any atom is 0.326 e. The molecule has 0 aliphatic heterocycles. The number of carboxylic acids is 1. The number of rotatable bonds is 56. The van der Waals surface area contributed by atoms with Crippen LogP contribution in [-0.2, 0) is 88.9 Å². The summed E-state index contributed by atoms with van der Waals surface area (Å²) in [5, 5.41) is 27.5. The number of hydrogen-bond acceptors (Lipinski definition) is 22. The van der Waals surface area contributed by atoms with Crippen LogP contribution in [0.5, 0.6) is 0 Å². The molecule has 9 aromatic carbocycles. The van der Waals surface area contributed by atoms with E-state index in [1.165, 1.54) is 54.6 Å². The van der Waals surface area contributed by atoms with E-state index in [0.717, 1.165) is 33.8 Å². The van der Waals surface area contributed by atoms with Crippen molar-refractivity contribution in [1.29, 1.82) is 0 Å². The largest absolute Gasteiger partial charge is 0.480 e. The highest BCUT2D eigenvalue weighted by Gasteiger charge is 2.35. The zero-order valence-corrected chi connectivity index (χ0v) is 81.3. The van der Waals surface area contributed by atoms with Crippen LogP contribution in [0, 0.1) is 20.8 Å². The molecule has 40 heteroatoms. The van der Waals surface area contributed by atoms with E-state index in [-0.39, 0.29) is 184 Å². The Labute approximate surface area is 781 Å². The van der Waals surface area contributed by atoms with E-state index in [1.807, 2.05) is 63.9 Å². The second-order valence-corrected chi connectivity index (χ2v) is 44.1. The van der Waals surface area contributed by atoms with Gasteiger partial charge in [0.1, 0.15) is 30.2 Å². The highest BCUT2D eigenvalue weighted by atomic mass is 32.2. The molecule has 9 aromatic rings. The summed E-state index contributed by atoms with van der Waals surface area (Å²) in [4.78, 5) is 94.4. The first-order valence-corrected chi connectivity index (χ1v) is 53.2.